The molecule has 3 nitrogen and oxygen atoms in total. The maximum absolute atomic E-state index is 11.0. The van der Waals surface area contributed by atoms with Gasteiger partial charge in [-0.05, 0) is 5.56 Å². The second-order valence-electron chi connectivity index (χ2n) is 3.60. The summed E-state index contributed by atoms with van der Waals surface area (Å²) in [7, 11) is 0. The molecule has 1 N–H and O–H groups in total. The van der Waals surface area contributed by atoms with Gasteiger partial charge >= 0.3 is 0 Å². The number of rotatable bonds is 3. The van der Waals surface area contributed by atoms with Crippen LogP contribution in [0.3, 0.4) is 0 Å². The first-order valence-corrected chi connectivity index (χ1v) is 4.55. The number of amides is 1. The highest BCUT2D eigenvalue weighted by atomic mass is 16.1. The van der Waals surface area contributed by atoms with Crippen LogP contribution < -0.4 is 5.32 Å². The standard InChI is InChI=1S/C11H11NO2/c13-8-12-11(6-10(14)7-11)9-4-2-1-3-5-9/h1-5,8H,6-7H2,(H,12,13). The summed E-state index contributed by atoms with van der Waals surface area (Å²) in [4.78, 5) is 21.5. The fourth-order valence-electron chi connectivity index (χ4n) is 1.88. The Balaban J connectivity index is 2.29. The molecule has 1 aliphatic rings. The average Bonchev–Trinajstić information content (AvgIpc) is 2.17. The van der Waals surface area contributed by atoms with E-state index in [1.807, 2.05) is 30.3 Å². The number of hydrogen-bond donors (Lipinski definition) is 1. The molecule has 14 heavy (non-hydrogen) atoms. The number of nitrogens with one attached hydrogen (secondary N) is 1. The van der Waals surface area contributed by atoms with E-state index in [4.69, 9.17) is 0 Å². The summed E-state index contributed by atoms with van der Waals surface area (Å²) in [6, 6.07) is 9.60. The molecule has 0 bridgehead atoms. The van der Waals surface area contributed by atoms with Crippen LogP contribution in [0.4, 0.5) is 0 Å². The summed E-state index contributed by atoms with van der Waals surface area (Å²) in [5, 5.41) is 2.74. The van der Waals surface area contributed by atoms with E-state index >= 15 is 0 Å². The molecule has 0 atom stereocenters. The monoisotopic (exact) mass is 189 g/mol. The van der Waals surface area contributed by atoms with Gasteiger partial charge in [-0.1, -0.05) is 30.3 Å². The minimum Gasteiger partial charge on any atom is -0.348 e. The van der Waals surface area contributed by atoms with E-state index in [9.17, 15) is 9.59 Å². The van der Waals surface area contributed by atoms with Crippen molar-refractivity contribution in [1.29, 1.82) is 0 Å². The van der Waals surface area contributed by atoms with Gasteiger partial charge in [0.25, 0.3) is 0 Å². The molecule has 0 radical (unpaired) electrons. The minimum atomic E-state index is -0.430. The maximum Gasteiger partial charge on any atom is 0.207 e. The van der Waals surface area contributed by atoms with Crippen molar-refractivity contribution >= 4 is 12.2 Å². The molecule has 0 unspecified atom stereocenters. The number of hydrogen-bond acceptors (Lipinski definition) is 2. The summed E-state index contributed by atoms with van der Waals surface area (Å²) in [6.45, 7) is 0. The summed E-state index contributed by atoms with van der Waals surface area (Å²) >= 11 is 0. The molecule has 1 aromatic rings. The SMILES string of the molecule is O=CNC1(c2ccccc2)CC(=O)C1. The summed E-state index contributed by atoms with van der Waals surface area (Å²) < 4.78 is 0. The highest BCUT2D eigenvalue weighted by Crippen LogP contribution is 2.37. The van der Waals surface area contributed by atoms with Crippen molar-refractivity contribution in [1.82, 2.24) is 5.32 Å². The summed E-state index contributed by atoms with van der Waals surface area (Å²) in [6.07, 6.45) is 1.49. The molecule has 1 fully saturated rings. The number of benzene rings is 1. The van der Waals surface area contributed by atoms with Crippen molar-refractivity contribution in [2.24, 2.45) is 0 Å². The van der Waals surface area contributed by atoms with Crippen LogP contribution in [0.2, 0.25) is 0 Å². The van der Waals surface area contributed by atoms with E-state index in [1.54, 1.807) is 0 Å². The van der Waals surface area contributed by atoms with Crippen molar-refractivity contribution in [3.8, 4) is 0 Å². The van der Waals surface area contributed by atoms with E-state index in [-0.39, 0.29) is 5.78 Å². The third-order valence-corrected chi connectivity index (χ3v) is 2.66. The van der Waals surface area contributed by atoms with E-state index < -0.39 is 5.54 Å². The van der Waals surface area contributed by atoms with Crippen LogP contribution in [0, 0.1) is 0 Å². The molecule has 1 saturated carbocycles. The zero-order valence-corrected chi connectivity index (χ0v) is 7.69. The number of carbonyl (C=O) groups is 2. The van der Waals surface area contributed by atoms with Gasteiger partial charge in [-0.3, -0.25) is 9.59 Å². The molecule has 3 heteroatoms. The van der Waals surface area contributed by atoms with Crippen LogP contribution in [0.1, 0.15) is 18.4 Å². The Kier molecular flexibility index (Phi) is 2.08. The predicted molar refractivity (Wildman–Crippen MR) is 51.6 cm³/mol. The van der Waals surface area contributed by atoms with Gasteiger partial charge in [0.05, 0.1) is 5.54 Å². The van der Waals surface area contributed by atoms with E-state index in [0.29, 0.717) is 19.3 Å². The first-order valence-electron chi connectivity index (χ1n) is 4.55. The van der Waals surface area contributed by atoms with Crippen molar-refractivity contribution in [2.75, 3.05) is 0 Å². The summed E-state index contributed by atoms with van der Waals surface area (Å²) in [5.74, 6) is 0.197. The van der Waals surface area contributed by atoms with Crippen LogP contribution in [0.5, 0.6) is 0 Å². The van der Waals surface area contributed by atoms with Gasteiger partial charge < -0.3 is 5.32 Å². The van der Waals surface area contributed by atoms with E-state index in [2.05, 4.69) is 5.32 Å². The molecule has 0 aromatic heterocycles. The second kappa shape index (κ2) is 3.25. The third-order valence-electron chi connectivity index (χ3n) is 2.66. The van der Waals surface area contributed by atoms with Gasteiger partial charge in [-0.25, -0.2) is 0 Å². The lowest BCUT2D eigenvalue weighted by molar-refractivity contribution is -0.131. The second-order valence-corrected chi connectivity index (χ2v) is 3.60. The highest BCUT2D eigenvalue weighted by Gasteiger charge is 2.44. The zero-order chi connectivity index (χ0) is 10.0. The lowest BCUT2D eigenvalue weighted by atomic mass is 9.71. The van der Waals surface area contributed by atoms with Gasteiger partial charge in [0.15, 0.2) is 0 Å². The van der Waals surface area contributed by atoms with E-state index in [1.165, 1.54) is 0 Å². The minimum absolute atomic E-state index is 0.197. The molecule has 72 valence electrons. The topological polar surface area (TPSA) is 46.2 Å². The largest absolute Gasteiger partial charge is 0.348 e. The van der Waals surface area contributed by atoms with Crippen LogP contribution >= 0.6 is 0 Å². The molecule has 1 amide bonds. The lowest BCUT2D eigenvalue weighted by Crippen LogP contribution is -2.52. The van der Waals surface area contributed by atoms with Gasteiger partial charge in [-0.15, -0.1) is 0 Å². The van der Waals surface area contributed by atoms with Crippen molar-refractivity contribution in [2.45, 2.75) is 18.4 Å². The number of ketones is 1. The van der Waals surface area contributed by atoms with Crippen LogP contribution in [-0.4, -0.2) is 12.2 Å². The zero-order valence-electron chi connectivity index (χ0n) is 7.69. The molecule has 0 aliphatic heterocycles. The Morgan fingerprint density at radius 1 is 1.21 bits per heavy atom. The first-order chi connectivity index (χ1) is 6.77. The molecule has 2 rings (SSSR count). The number of carbonyl (C=O) groups excluding carboxylic acids is 2. The molecule has 0 saturated heterocycles. The Bertz CT molecular complexity index is 345. The molecule has 0 heterocycles. The van der Waals surface area contributed by atoms with E-state index in [0.717, 1.165) is 5.56 Å². The fourth-order valence-corrected chi connectivity index (χ4v) is 1.88. The molecule has 1 aromatic carbocycles. The number of Topliss-reactive ketones (excluding diaryl/α,β-unsaturated/α-hetero) is 1. The summed E-state index contributed by atoms with van der Waals surface area (Å²) in [5.41, 5.74) is 0.576. The average molecular weight is 189 g/mol. The lowest BCUT2D eigenvalue weighted by Gasteiger charge is -2.40. The van der Waals surface area contributed by atoms with Gasteiger partial charge in [-0.2, -0.15) is 0 Å². The smallest absolute Gasteiger partial charge is 0.207 e. The van der Waals surface area contributed by atoms with Crippen molar-refractivity contribution in [3.63, 3.8) is 0 Å². The highest BCUT2D eigenvalue weighted by molar-refractivity contribution is 5.89. The Morgan fingerprint density at radius 3 is 2.36 bits per heavy atom. The predicted octanol–water partition coefficient (Wildman–Crippen LogP) is 0.991. The molecular weight excluding hydrogens is 178 g/mol. The van der Waals surface area contributed by atoms with Crippen LogP contribution in [-0.2, 0) is 15.1 Å². The molecular formula is C11H11NO2. The Hall–Kier alpha value is -1.64. The third kappa shape index (κ3) is 1.31. The van der Waals surface area contributed by atoms with Crippen LogP contribution in [0.25, 0.3) is 0 Å². The first kappa shape index (κ1) is 8.94. The molecule has 0 spiro atoms. The fraction of sp³-hybridized carbons (Fsp3) is 0.273. The van der Waals surface area contributed by atoms with Crippen LogP contribution in [0.15, 0.2) is 30.3 Å². The normalized spacial score (nSPS) is 18.4. The van der Waals surface area contributed by atoms with Crippen molar-refractivity contribution in [3.05, 3.63) is 35.9 Å². The maximum atomic E-state index is 11.0. The Morgan fingerprint density at radius 2 is 1.86 bits per heavy atom. The van der Waals surface area contributed by atoms with Gasteiger partial charge in [0.1, 0.15) is 5.78 Å². The van der Waals surface area contributed by atoms with Crippen molar-refractivity contribution < 1.29 is 9.59 Å². The van der Waals surface area contributed by atoms with Gasteiger partial charge in [0.2, 0.25) is 6.41 Å². The van der Waals surface area contributed by atoms with Gasteiger partial charge in [0, 0.05) is 12.8 Å². The quantitative estimate of drug-likeness (QED) is 0.721. The molecule has 1 aliphatic carbocycles. The Labute approximate surface area is 82.1 Å².